The minimum atomic E-state index is -0.996. The van der Waals surface area contributed by atoms with Crippen molar-refractivity contribution in [2.75, 3.05) is 0 Å². The Morgan fingerprint density at radius 3 is 2.67 bits per heavy atom. The quantitative estimate of drug-likeness (QED) is 0.641. The molecule has 1 atom stereocenters. The fourth-order valence-electron chi connectivity index (χ4n) is 3.20. The van der Waals surface area contributed by atoms with E-state index in [9.17, 15) is 9.59 Å². The topological polar surface area (TPSA) is 56.5 Å². The predicted molar refractivity (Wildman–Crippen MR) is 90.1 cm³/mol. The summed E-state index contributed by atoms with van der Waals surface area (Å²) in [6.45, 7) is 3.70. The number of cyclic esters (lactones) is 1. The van der Waals surface area contributed by atoms with Crippen molar-refractivity contribution in [3.05, 3.63) is 81.2 Å². The molecular formula is C20H16O4. The second kappa shape index (κ2) is 5.06. The van der Waals surface area contributed by atoms with Crippen LogP contribution in [0, 0.1) is 6.92 Å². The second-order valence-corrected chi connectivity index (χ2v) is 6.43. The van der Waals surface area contributed by atoms with Crippen molar-refractivity contribution in [3.8, 4) is 0 Å². The number of rotatable bonds is 1. The van der Waals surface area contributed by atoms with Gasteiger partial charge in [-0.3, -0.25) is 4.79 Å². The number of carbonyl (C=O) groups is 1. The largest absolute Gasteiger partial charge is 0.457 e. The first-order chi connectivity index (χ1) is 11.5. The van der Waals surface area contributed by atoms with Gasteiger partial charge in [-0.25, -0.2) is 4.79 Å². The van der Waals surface area contributed by atoms with E-state index < -0.39 is 11.6 Å². The minimum Gasteiger partial charge on any atom is -0.457 e. The maximum Gasteiger partial charge on any atom is 0.339 e. The zero-order chi connectivity index (χ0) is 16.9. The van der Waals surface area contributed by atoms with Crippen molar-refractivity contribution in [2.45, 2.75) is 25.9 Å². The molecular weight excluding hydrogens is 304 g/mol. The first kappa shape index (κ1) is 14.7. The molecule has 120 valence electrons. The van der Waals surface area contributed by atoms with Gasteiger partial charge in [-0.2, -0.15) is 0 Å². The SMILES string of the molecule is Cc1ccc2oc([C@]3(C)Cc4ccccc4C(=O)O3)cc(=O)c2c1. The summed E-state index contributed by atoms with van der Waals surface area (Å²) in [6, 6.07) is 14.2. The van der Waals surface area contributed by atoms with E-state index in [1.165, 1.54) is 6.07 Å². The molecule has 0 spiro atoms. The van der Waals surface area contributed by atoms with Crippen LogP contribution >= 0.6 is 0 Å². The van der Waals surface area contributed by atoms with Gasteiger partial charge < -0.3 is 9.15 Å². The summed E-state index contributed by atoms with van der Waals surface area (Å²) in [5.74, 6) is -0.0299. The Morgan fingerprint density at radius 1 is 1.04 bits per heavy atom. The number of hydrogen-bond donors (Lipinski definition) is 0. The van der Waals surface area contributed by atoms with Gasteiger partial charge in [0.15, 0.2) is 16.8 Å². The molecule has 1 aromatic heterocycles. The highest BCUT2D eigenvalue weighted by Gasteiger charge is 2.40. The first-order valence-corrected chi connectivity index (χ1v) is 7.82. The van der Waals surface area contributed by atoms with Crippen LogP contribution in [0.5, 0.6) is 0 Å². The van der Waals surface area contributed by atoms with E-state index in [4.69, 9.17) is 9.15 Å². The Balaban J connectivity index is 1.87. The summed E-state index contributed by atoms with van der Waals surface area (Å²) in [6.07, 6.45) is 0.467. The third-order valence-corrected chi connectivity index (χ3v) is 4.49. The lowest BCUT2D eigenvalue weighted by Gasteiger charge is -2.33. The van der Waals surface area contributed by atoms with E-state index in [0.717, 1.165) is 11.1 Å². The Kier molecular flexibility index (Phi) is 3.10. The van der Waals surface area contributed by atoms with Crippen molar-refractivity contribution in [1.29, 1.82) is 0 Å². The van der Waals surface area contributed by atoms with Gasteiger partial charge in [0.05, 0.1) is 10.9 Å². The van der Waals surface area contributed by atoms with Crippen LogP contribution in [-0.2, 0) is 16.8 Å². The zero-order valence-electron chi connectivity index (χ0n) is 13.5. The molecule has 2 aromatic carbocycles. The molecule has 0 radical (unpaired) electrons. The van der Waals surface area contributed by atoms with Crippen LogP contribution in [0.15, 0.2) is 57.7 Å². The molecule has 0 bridgehead atoms. The summed E-state index contributed by atoms with van der Waals surface area (Å²) in [4.78, 5) is 24.8. The molecule has 2 heterocycles. The van der Waals surface area contributed by atoms with Gasteiger partial charge in [-0.15, -0.1) is 0 Å². The average Bonchev–Trinajstić information content (AvgIpc) is 2.55. The monoisotopic (exact) mass is 320 g/mol. The maximum atomic E-state index is 12.5. The molecule has 1 aliphatic heterocycles. The average molecular weight is 320 g/mol. The summed E-state index contributed by atoms with van der Waals surface area (Å²) in [5, 5.41) is 0.532. The molecule has 0 N–H and O–H groups in total. The number of fused-ring (bicyclic) bond motifs is 2. The zero-order valence-corrected chi connectivity index (χ0v) is 13.5. The van der Waals surface area contributed by atoms with Crippen LogP contribution in [0.3, 0.4) is 0 Å². The van der Waals surface area contributed by atoms with Crippen molar-refractivity contribution in [2.24, 2.45) is 0 Å². The van der Waals surface area contributed by atoms with Crippen LogP contribution in [0.25, 0.3) is 11.0 Å². The molecule has 3 aromatic rings. The number of aryl methyl sites for hydroxylation is 1. The molecule has 0 saturated carbocycles. The Hall–Kier alpha value is -2.88. The fourth-order valence-corrected chi connectivity index (χ4v) is 3.20. The van der Waals surface area contributed by atoms with Gasteiger partial charge in [0.1, 0.15) is 5.58 Å². The molecule has 0 fully saturated rings. The van der Waals surface area contributed by atoms with E-state index in [1.54, 1.807) is 31.2 Å². The Morgan fingerprint density at radius 2 is 1.83 bits per heavy atom. The normalized spacial score (nSPS) is 19.8. The van der Waals surface area contributed by atoms with E-state index >= 15 is 0 Å². The number of ether oxygens (including phenoxy) is 1. The highest BCUT2D eigenvalue weighted by atomic mass is 16.6. The van der Waals surface area contributed by atoms with Crippen LogP contribution < -0.4 is 5.43 Å². The van der Waals surface area contributed by atoms with Crippen molar-refractivity contribution < 1.29 is 13.9 Å². The van der Waals surface area contributed by atoms with Crippen molar-refractivity contribution in [1.82, 2.24) is 0 Å². The first-order valence-electron chi connectivity index (χ1n) is 7.82. The number of hydrogen-bond acceptors (Lipinski definition) is 4. The molecule has 0 saturated heterocycles. The summed E-state index contributed by atoms with van der Waals surface area (Å²) >= 11 is 0. The van der Waals surface area contributed by atoms with E-state index in [0.29, 0.717) is 28.7 Å². The van der Waals surface area contributed by atoms with Crippen LogP contribution in [0.4, 0.5) is 0 Å². The standard InChI is InChI=1S/C20H16O4/c1-12-7-8-17-15(9-12)16(21)10-18(23-17)20(2)11-13-5-3-4-6-14(13)19(22)24-20/h3-10H,11H2,1-2H3/t20-/m0/s1. The summed E-state index contributed by atoms with van der Waals surface area (Å²) < 4.78 is 11.6. The molecule has 4 nitrogen and oxygen atoms in total. The summed E-state index contributed by atoms with van der Waals surface area (Å²) in [7, 11) is 0. The van der Waals surface area contributed by atoms with Crippen LogP contribution in [-0.4, -0.2) is 5.97 Å². The van der Waals surface area contributed by atoms with Crippen molar-refractivity contribution >= 4 is 16.9 Å². The molecule has 4 rings (SSSR count). The maximum absolute atomic E-state index is 12.5. The highest BCUT2D eigenvalue weighted by molar-refractivity contribution is 5.92. The van der Waals surface area contributed by atoms with E-state index in [2.05, 4.69) is 0 Å². The molecule has 0 aliphatic carbocycles. The Bertz CT molecular complexity index is 1030. The van der Waals surface area contributed by atoms with Gasteiger partial charge in [-0.1, -0.05) is 29.8 Å². The number of benzene rings is 2. The smallest absolute Gasteiger partial charge is 0.339 e. The lowest BCUT2D eigenvalue weighted by atomic mass is 9.88. The molecule has 1 aliphatic rings. The van der Waals surface area contributed by atoms with Gasteiger partial charge in [0.2, 0.25) is 0 Å². The van der Waals surface area contributed by atoms with Crippen LogP contribution in [0.1, 0.15) is 34.2 Å². The van der Waals surface area contributed by atoms with Gasteiger partial charge in [0, 0.05) is 12.5 Å². The Labute approximate surface area is 138 Å². The predicted octanol–water partition coefficient (Wildman–Crippen LogP) is 3.73. The lowest BCUT2D eigenvalue weighted by Crippen LogP contribution is -2.37. The lowest BCUT2D eigenvalue weighted by molar-refractivity contribution is -0.0284. The van der Waals surface area contributed by atoms with Gasteiger partial charge in [0.25, 0.3) is 0 Å². The van der Waals surface area contributed by atoms with E-state index in [-0.39, 0.29) is 5.43 Å². The molecule has 4 heteroatoms. The van der Waals surface area contributed by atoms with Gasteiger partial charge >= 0.3 is 5.97 Å². The summed E-state index contributed by atoms with van der Waals surface area (Å²) in [5.41, 5.74) is 1.82. The third-order valence-electron chi connectivity index (χ3n) is 4.49. The van der Waals surface area contributed by atoms with Crippen molar-refractivity contribution in [3.63, 3.8) is 0 Å². The second-order valence-electron chi connectivity index (χ2n) is 6.43. The van der Waals surface area contributed by atoms with E-state index in [1.807, 2.05) is 25.1 Å². The third kappa shape index (κ3) is 2.22. The van der Waals surface area contributed by atoms with Crippen LogP contribution in [0.2, 0.25) is 0 Å². The molecule has 0 unspecified atom stereocenters. The highest BCUT2D eigenvalue weighted by Crippen LogP contribution is 2.36. The van der Waals surface area contributed by atoms with Gasteiger partial charge in [-0.05, 0) is 37.6 Å². The fraction of sp³-hybridized carbons (Fsp3) is 0.200. The number of carbonyl (C=O) groups excluding carboxylic acids is 1. The molecule has 24 heavy (non-hydrogen) atoms. The molecule has 0 amide bonds. The number of esters is 1. The minimum absolute atomic E-state index is 0.133.